The van der Waals surface area contributed by atoms with Crippen molar-refractivity contribution in [2.45, 2.75) is 18.0 Å². The molecule has 33 heavy (non-hydrogen) atoms. The van der Waals surface area contributed by atoms with Crippen LogP contribution in [0.5, 0.6) is 5.75 Å². The number of methoxy groups -OCH3 is 1. The van der Waals surface area contributed by atoms with E-state index in [1.807, 2.05) is 30.3 Å². The largest absolute Gasteiger partial charge is 0.534 e. The number of carbonyl (C=O) groups excluding carboxylic acids is 1. The standard InChI is InChI=1S/C21H18F3N3O5S/c1-31-20(28)18(11-14-5-3-2-4-6-14)27-19-12-17(25-13-26-19)15-7-9-16(10-8-15)32-33(29,30)21(22,23)24/h2-10,12-13,18H,11H2,1H3,(H,25,26,27)/t18-/m0/s1. The van der Waals surface area contributed by atoms with E-state index >= 15 is 0 Å². The van der Waals surface area contributed by atoms with Crippen molar-refractivity contribution in [3.8, 4) is 17.0 Å². The minimum absolute atomic E-state index is 0.311. The molecule has 3 rings (SSSR count). The Morgan fingerprint density at radius 1 is 1.06 bits per heavy atom. The van der Waals surface area contributed by atoms with E-state index < -0.39 is 33.4 Å². The molecule has 12 heteroatoms. The molecule has 0 amide bonds. The zero-order valence-electron chi connectivity index (χ0n) is 17.1. The molecule has 0 radical (unpaired) electrons. The van der Waals surface area contributed by atoms with Crippen LogP contribution in [0.1, 0.15) is 5.56 Å². The lowest BCUT2D eigenvalue weighted by Crippen LogP contribution is -2.33. The van der Waals surface area contributed by atoms with Gasteiger partial charge in [-0.05, 0) is 29.8 Å². The monoisotopic (exact) mass is 481 g/mol. The maximum Gasteiger partial charge on any atom is 0.534 e. The number of ether oxygens (including phenoxy) is 1. The molecular formula is C21H18F3N3O5S. The van der Waals surface area contributed by atoms with Crippen molar-refractivity contribution in [1.29, 1.82) is 0 Å². The maximum absolute atomic E-state index is 12.5. The highest BCUT2D eigenvalue weighted by atomic mass is 32.2. The van der Waals surface area contributed by atoms with Crippen molar-refractivity contribution in [1.82, 2.24) is 9.97 Å². The molecule has 0 fully saturated rings. The lowest BCUT2D eigenvalue weighted by atomic mass is 10.1. The van der Waals surface area contributed by atoms with Gasteiger partial charge in [0.2, 0.25) is 0 Å². The normalized spacial score (nSPS) is 12.6. The van der Waals surface area contributed by atoms with Crippen molar-refractivity contribution in [3.63, 3.8) is 0 Å². The molecule has 0 saturated carbocycles. The van der Waals surface area contributed by atoms with E-state index in [0.29, 0.717) is 23.5 Å². The molecular weight excluding hydrogens is 463 g/mol. The number of anilines is 1. The van der Waals surface area contributed by atoms with Gasteiger partial charge >= 0.3 is 21.6 Å². The molecule has 0 aliphatic heterocycles. The molecule has 1 N–H and O–H groups in total. The van der Waals surface area contributed by atoms with Crippen LogP contribution in [-0.2, 0) is 26.1 Å². The summed E-state index contributed by atoms with van der Waals surface area (Å²) in [5.74, 6) is -0.685. The number of nitrogens with zero attached hydrogens (tertiary/aromatic N) is 2. The van der Waals surface area contributed by atoms with Gasteiger partial charge in [0.1, 0.15) is 23.9 Å². The van der Waals surface area contributed by atoms with E-state index in [1.165, 1.54) is 31.6 Å². The summed E-state index contributed by atoms with van der Waals surface area (Å²) < 4.78 is 68.6. The number of halogens is 3. The Labute approximate surface area is 187 Å². The van der Waals surface area contributed by atoms with Crippen molar-refractivity contribution < 1.29 is 35.3 Å². The number of nitrogens with one attached hydrogen (secondary N) is 1. The molecule has 3 aromatic rings. The van der Waals surface area contributed by atoms with E-state index in [4.69, 9.17) is 4.74 Å². The molecule has 174 valence electrons. The molecule has 2 aromatic carbocycles. The predicted molar refractivity (Wildman–Crippen MR) is 113 cm³/mol. The molecule has 0 saturated heterocycles. The number of carbonyl (C=O) groups is 1. The van der Waals surface area contributed by atoms with Gasteiger partial charge in [-0.1, -0.05) is 30.3 Å². The summed E-state index contributed by atoms with van der Waals surface area (Å²) in [5, 5.41) is 2.99. The lowest BCUT2D eigenvalue weighted by molar-refractivity contribution is -0.141. The quantitative estimate of drug-likeness (QED) is 0.296. The first-order chi connectivity index (χ1) is 15.6. The number of alkyl halides is 3. The minimum atomic E-state index is -5.76. The third-order valence-electron chi connectivity index (χ3n) is 4.40. The van der Waals surface area contributed by atoms with Gasteiger partial charge in [-0.25, -0.2) is 14.8 Å². The highest BCUT2D eigenvalue weighted by molar-refractivity contribution is 7.88. The topological polar surface area (TPSA) is 107 Å². The van der Waals surface area contributed by atoms with Crippen LogP contribution in [0.15, 0.2) is 67.0 Å². The zero-order chi connectivity index (χ0) is 24.1. The van der Waals surface area contributed by atoms with E-state index in [1.54, 1.807) is 0 Å². The van der Waals surface area contributed by atoms with Crippen LogP contribution in [-0.4, -0.2) is 43.0 Å². The van der Waals surface area contributed by atoms with Crippen LogP contribution in [0.4, 0.5) is 19.0 Å². The smallest absolute Gasteiger partial charge is 0.467 e. The molecule has 1 heterocycles. The summed E-state index contributed by atoms with van der Waals surface area (Å²) in [4.78, 5) is 20.4. The summed E-state index contributed by atoms with van der Waals surface area (Å²) >= 11 is 0. The van der Waals surface area contributed by atoms with E-state index in [-0.39, 0.29) is 0 Å². The molecule has 0 spiro atoms. The number of hydrogen-bond donors (Lipinski definition) is 1. The number of rotatable bonds is 8. The molecule has 0 aliphatic rings. The Hall–Kier alpha value is -3.67. The number of hydrogen-bond acceptors (Lipinski definition) is 8. The van der Waals surface area contributed by atoms with Gasteiger partial charge in [0.05, 0.1) is 12.8 Å². The van der Waals surface area contributed by atoms with Gasteiger partial charge < -0.3 is 14.2 Å². The van der Waals surface area contributed by atoms with Crippen molar-refractivity contribution in [2.75, 3.05) is 12.4 Å². The second kappa shape index (κ2) is 9.86. The molecule has 0 unspecified atom stereocenters. The Morgan fingerprint density at radius 2 is 1.73 bits per heavy atom. The number of esters is 1. The fourth-order valence-electron chi connectivity index (χ4n) is 2.81. The average molecular weight is 481 g/mol. The lowest BCUT2D eigenvalue weighted by Gasteiger charge is -2.17. The fraction of sp³-hybridized carbons (Fsp3) is 0.190. The van der Waals surface area contributed by atoms with Crippen LogP contribution in [0.25, 0.3) is 11.3 Å². The fourth-order valence-corrected chi connectivity index (χ4v) is 3.27. The summed E-state index contributed by atoms with van der Waals surface area (Å²) in [6, 6.07) is 14.9. The second-order valence-electron chi connectivity index (χ2n) is 6.71. The summed E-state index contributed by atoms with van der Waals surface area (Å²) in [6.07, 6.45) is 1.58. The van der Waals surface area contributed by atoms with Crippen molar-refractivity contribution >= 4 is 21.9 Å². The van der Waals surface area contributed by atoms with Gasteiger partial charge in [-0.3, -0.25) is 0 Å². The maximum atomic E-state index is 12.5. The summed E-state index contributed by atoms with van der Waals surface area (Å²) in [5.41, 5.74) is -3.80. The number of aromatic nitrogens is 2. The van der Waals surface area contributed by atoms with Gasteiger partial charge in [-0.15, -0.1) is 0 Å². The highest BCUT2D eigenvalue weighted by Gasteiger charge is 2.48. The number of benzene rings is 2. The van der Waals surface area contributed by atoms with Gasteiger partial charge in [0.15, 0.2) is 0 Å². The Morgan fingerprint density at radius 3 is 2.33 bits per heavy atom. The second-order valence-corrected chi connectivity index (χ2v) is 8.24. The van der Waals surface area contributed by atoms with E-state index in [9.17, 15) is 26.4 Å². The van der Waals surface area contributed by atoms with E-state index in [0.717, 1.165) is 17.7 Å². The predicted octanol–water partition coefficient (Wildman–Crippen LogP) is 3.57. The van der Waals surface area contributed by atoms with Gasteiger partial charge in [-0.2, -0.15) is 21.6 Å². The first-order valence-corrected chi connectivity index (χ1v) is 10.8. The third-order valence-corrected chi connectivity index (χ3v) is 5.38. The summed E-state index contributed by atoms with van der Waals surface area (Å²) in [7, 11) is -4.49. The SMILES string of the molecule is COC(=O)[C@H](Cc1ccccc1)Nc1cc(-c2ccc(OS(=O)(=O)C(F)(F)F)cc2)ncn1. The van der Waals surface area contributed by atoms with Crippen LogP contribution >= 0.6 is 0 Å². The first-order valence-electron chi connectivity index (χ1n) is 9.40. The molecule has 8 nitrogen and oxygen atoms in total. The van der Waals surface area contributed by atoms with Crippen LogP contribution in [0.3, 0.4) is 0 Å². The molecule has 1 atom stereocenters. The van der Waals surface area contributed by atoms with Crippen LogP contribution < -0.4 is 9.50 Å². The zero-order valence-corrected chi connectivity index (χ0v) is 17.9. The van der Waals surface area contributed by atoms with Crippen LogP contribution in [0.2, 0.25) is 0 Å². The molecule has 0 bridgehead atoms. The Kier molecular flexibility index (Phi) is 7.16. The average Bonchev–Trinajstić information content (AvgIpc) is 2.78. The van der Waals surface area contributed by atoms with Crippen LogP contribution in [0, 0.1) is 0 Å². The van der Waals surface area contributed by atoms with E-state index in [2.05, 4.69) is 19.5 Å². The molecule has 1 aromatic heterocycles. The molecule has 0 aliphatic carbocycles. The van der Waals surface area contributed by atoms with Crippen molar-refractivity contribution in [2.24, 2.45) is 0 Å². The minimum Gasteiger partial charge on any atom is -0.467 e. The first kappa shape index (κ1) is 24.0. The third kappa shape index (κ3) is 6.19. The van der Waals surface area contributed by atoms with Gasteiger partial charge in [0, 0.05) is 18.1 Å². The van der Waals surface area contributed by atoms with Crippen molar-refractivity contribution in [3.05, 3.63) is 72.6 Å². The highest BCUT2D eigenvalue weighted by Crippen LogP contribution is 2.28. The summed E-state index contributed by atoms with van der Waals surface area (Å²) in [6.45, 7) is 0. The Bertz CT molecular complexity index is 1200. The van der Waals surface area contributed by atoms with Gasteiger partial charge in [0.25, 0.3) is 0 Å². The Balaban J connectivity index is 1.77.